The van der Waals surface area contributed by atoms with Gasteiger partial charge in [0, 0.05) is 24.5 Å². The molecule has 4 nitrogen and oxygen atoms in total. The zero-order chi connectivity index (χ0) is 18.5. The molecular weight excluding hydrogens is 326 g/mol. The van der Waals surface area contributed by atoms with Gasteiger partial charge in [0.05, 0.1) is 0 Å². The highest BCUT2D eigenvalue weighted by Gasteiger charge is 2.09. The number of nitrogens with zero attached hydrogens (tertiary/aromatic N) is 1. The van der Waals surface area contributed by atoms with Crippen molar-refractivity contribution in [3.63, 3.8) is 0 Å². The zero-order valence-electron chi connectivity index (χ0n) is 15.6. The van der Waals surface area contributed by atoms with Crippen molar-refractivity contribution in [2.75, 3.05) is 20.2 Å². The summed E-state index contributed by atoms with van der Waals surface area (Å²) in [6, 6.07) is 15.7. The largest absolute Gasteiger partial charge is 0.492 e. The van der Waals surface area contributed by atoms with Crippen molar-refractivity contribution < 1.29 is 9.15 Å². The molecule has 0 aliphatic heterocycles. The lowest BCUT2D eigenvalue weighted by atomic mass is 10.1. The predicted octanol–water partition coefficient (Wildman–Crippen LogP) is 4.17. The Balaban J connectivity index is 1.67. The average molecular weight is 351 g/mol. The Labute approximate surface area is 154 Å². The molecule has 0 N–H and O–H groups in total. The summed E-state index contributed by atoms with van der Waals surface area (Å²) in [7, 11) is 2.03. The van der Waals surface area contributed by atoms with E-state index in [1.165, 1.54) is 5.56 Å². The highest BCUT2D eigenvalue weighted by atomic mass is 16.5. The standard InChI is InChI=1S/C22H25NO3/c1-4-17-8-9-20-18(14-22(24)26-21(20)13-17)15-23(3)10-11-25-19-7-5-6-16(2)12-19/h5-9,12-14H,4,10-11,15H2,1-3H3. The van der Waals surface area contributed by atoms with E-state index < -0.39 is 0 Å². The quantitative estimate of drug-likeness (QED) is 0.599. The molecule has 136 valence electrons. The lowest BCUT2D eigenvalue weighted by molar-refractivity contribution is 0.233. The third-order valence-corrected chi connectivity index (χ3v) is 4.47. The van der Waals surface area contributed by atoms with Crippen LogP contribution in [0.1, 0.15) is 23.6 Å². The Morgan fingerprint density at radius 3 is 2.73 bits per heavy atom. The van der Waals surface area contributed by atoms with Gasteiger partial charge in [-0.05, 0) is 55.3 Å². The van der Waals surface area contributed by atoms with Crippen LogP contribution in [0.3, 0.4) is 0 Å². The number of fused-ring (bicyclic) bond motifs is 1. The molecule has 3 aromatic rings. The number of ether oxygens (including phenoxy) is 1. The van der Waals surface area contributed by atoms with Gasteiger partial charge in [-0.1, -0.05) is 31.2 Å². The first-order chi connectivity index (χ1) is 12.5. The van der Waals surface area contributed by atoms with E-state index in [0.717, 1.165) is 35.2 Å². The SMILES string of the molecule is CCc1ccc2c(CN(C)CCOc3cccc(C)c3)cc(=O)oc2c1. The number of aryl methyl sites for hydroxylation is 2. The highest BCUT2D eigenvalue weighted by Crippen LogP contribution is 2.20. The first-order valence-electron chi connectivity index (χ1n) is 8.99. The molecule has 0 saturated carbocycles. The van der Waals surface area contributed by atoms with Crippen molar-refractivity contribution in [2.24, 2.45) is 0 Å². The zero-order valence-corrected chi connectivity index (χ0v) is 15.6. The molecule has 0 spiro atoms. The highest BCUT2D eigenvalue weighted by molar-refractivity contribution is 5.80. The van der Waals surface area contributed by atoms with Crippen LogP contribution in [0.5, 0.6) is 5.75 Å². The van der Waals surface area contributed by atoms with Crippen LogP contribution in [0.4, 0.5) is 0 Å². The van der Waals surface area contributed by atoms with Crippen LogP contribution in [0.2, 0.25) is 0 Å². The van der Waals surface area contributed by atoms with E-state index in [-0.39, 0.29) is 5.63 Å². The molecule has 2 aromatic carbocycles. The fraction of sp³-hybridized carbons (Fsp3) is 0.318. The molecule has 0 fully saturated rings. The van der Waals surface area contributed by atoms with E-state index in [9.17, 15) is 4.79 Å². The first-order valence-corrected chi connectivity index (χ1v) is 8.99. The number of hydrogen-bond acceptors (Lipinski definition) is 4. The van der Waals surface area contributed by atoms with Gasteiger partial charge in [-0.3, -0.25) is 4.90 Å². The Kier molecular flexibility index (Phi) is 5.74. The number of likely N-dealkylation sites (N-methyl/N-ethyl adjacent to an activating group) is 1. The second-order valence-corrected chi connectivity index (χ2v) is 6.68. The fourth-order valence-electron chi connectivity index (χ4n) is 3.02. The molecule has 0 atom stereocenters. The average Bonchev–Trinajstić information content (AvgIpc) is 2.61. The molecule has 0 saturated heterocycles. The molecule has 26 heavy (non-hydrogen) atoms. The Morgan fingerprint density at radius 2 is 1.96 bits per heavy atom. The van der Waals surface area contributed by atoms with Crippen LogP contribution < -0.4 is 10.4 Å². The summed E-state index contributed by atoms with van der Waals surface area (Å²) < 4.78 is 11.2. The summed E-state index contributed by atoms with van der Waals surface area (Å²) in [6.45, 7) is 6.17. The third-order valence-electron chi connectivity index (χ3n) is 4.47. The topological polar surface area (TPSA) is 42.7 Å². The maximum atomic E-state index is 11.9. The Morgan fingerprint density at radius 1 is 1.12 bits per heavy atom. The molecule has 1 aromatic heterocycles. The van der Waals surface area contributed by atoms with Gasteiger partial charge in [0.1, 0.15) is 17.9 Å². The van der Waals surface area contributed by atoms with E-state index in [1.807, 2.05) is 37.4 Å². The molecule has 0 aliphatic rings. The maximum Gasteiger partial charge on any atom is 0.336 e. The Hall–Kier alpha value is -2.59. The van der Waals surface area contributed by atoms with E-state index in [2.05, 4.69) is 30.9 Å². The van der Waals surface area contributed by atoms with E-state index >= 15 is 0 Å². The summed E-state index contributed by atoms with van der Waals surface area (Å²) in [5, 5.41) is 0.994. The molecule has 1 heterocycles. The smallest absolute Gasteiger partial charge is 0.336 e. The lowest BCUT2D eigenvalue weighted by Gasteiger charge is -2.18. The second kappa shape index (κ2) is 8.19. The van der Waals surface area contributed by atoms with Crippen molar-refractivity contribution >= 4 is 11.0 Å². The van der Waals surface area contributed by atoms with Gasteiger partial charge in [0.2, 0.25) is 0 Å². The molecular formula is C22H25NO3. The molecule has 0 radical (unpaired) electrons. The number of hydrogen-bond donors (Lipinski definition) is 0. The normalized spacial score (nSPS) is 11.2. The van der Waals surface area contributed by atoms with Crippen molar-refractivity contribution in [1.82, 2.24) is 4.90 Å². The minimum Gasteiger partial charge on any atom is -0.492 e. The number of benzene rings is 2. The summed E-state index contributed by atoms with van der Waals surface area (Å²) in [5.74, 6) is 0.885. The van der Waals surface area contributed by atoms with Gasteiger partial charge < -0.3 is 9.15 Å². The second-order valence-electron chi connectivity index (χ2n) is 6.68. The van der Waals surface area contributed by atoms with Gasteiger partial charge in [-0.15, -0.1) is 0 Å². The van der Waals surface area contributed by atoms with E-state index in [0.29, 0.717) is 18.7 Å². The van der Waals surface area contributed by atoms with Gasteiger partial charge in [-0.2, -0.15) is 0 Å². The molecule has 4 heteroatoms. The lowest BCUT2D eigenvalue weighted by Crippen LogP contribution is -2.24. The van der Waals surface area contributed by atoms with Gasteiger partial charge in [0.15, 0.2) is 0 Å². The van der Waals surface area contributed by atoms with Gasteiger partial charge in [-0.25, -0.2) is 4.79 Å². The van der Waals surface area contributed by atoms with Crippen LogP contribution in [0, 0.1) is 6.92 Å². The van der Waals surface area contributed by atoms with E-state index in [4.69, 9.17) is 9.15 Å². The summed E-state index contributed by atoms with van der Waals surface area (Å²) in [4.78, 5) is 14.1. The number of rotatable bonds is 7. The molecule has 3 rings (SSSR count). The molecule has 0 bridgehead atoms. The van der Waals surface area contributed by atoms with Crippen LogP contribution >= 0.6 is 0 Å². The predicted molar refractivity (Wildman–Crippen MR) is 105 cm³/mol. The van der Waals surface area contributed by atoms with Crippen molar-refractivity contribution in [3.05, 3.63) is 75.6 Å². The minimum absolute atomic E-state index is 0.301. The van der Waals surface area contributed by atoms with Crippen molar-refractivity contribution in [1.29, 1.82) is 0 Å². The van der Waals surface area contributed by atoms with Gasteiger partial charge >= 0.3 is 5.63 Å². The minimum atomic E-state index is -0.301. The maximum absolute atomic E-state index is 11.9. The Bertz CT molecular complexity index is 946. The molecule has 0 unspecified atom stereocenters. The molecule has 0 aliphatic carbocycles. The van der Waals surface area contributed by atoms with Crippen LogP contribution in [-0.4, -0.2) is 25.1 Å². The third kappa shape index (κ3) is 4.52. The van der Waals surface area contributed by atoms with Crippen LogP contribution in [0.15, 0.2) is 57.7 Å². The van der Waals surface area contributed by atoms with Crippen LogP contribution in [0.25, 0.3) is 11.0 Å². The molecule has 0 amide bonds. The summed E-state index contributed by atoms with van der Waals surface area (Å²) >= 11 is 0. The van der Waals surface area contributed by atoms with Crippen molar-refractivity contribution in [3.8, 4) is 5.75 Å². The first kappa shape index (κ1) is 18.2. The summed E-state index contributed by atoms with van der Waals surface area (Å²) in [5.41, 5.74) is 3.70. The van der Waals surface area contributed by atoms with Crippen LogP contribution in [-0.2, 0) is 13.0 Å². The van der Waals surface area contributed by atoms with Crippen molar-refractivity contribution in [2.45, 2.75) is 26.8 Å². The fourth-order valence-corrected chi connectivity index (χ4v) is 3.02. The van der Waals surface area contributed by atoms with Gasteiger partial charge in [0.25, 0.3) is 0 Å². The van der Waals surface area contributed by atoms with E-state index in [1.54, 1.807) is 6.07 Å². The monoisotopic (exact) mass is 351 g/mol. The summed E-state index contributed by atoms with van der Waals surface area (Å²) in [6.07, 6.45) is 0.917.